The third-order valence-electron chi connectivity index (χ3n) is 6.61. The Labute approximate surface area is 209 Å². The summed E-state index contributed by atoms with van der Waals surface area (Å²) >= 11 is 0. The summed E-state index contributed by atoms with van der Waals surface area (Å²) < 4.78 is 0. The number of rotatable bonds is 5. The van der Waals surface area contributed by atoms with Gasteiger partial charge in [-0.25, -0.2) is 9.80 Å². The number of hydrogen-bond acceptors (Lipinski definition) is 4. The molecule has 0 atom stereocenters. The van der Waals surface area contributed by atoms with Crippen molar-refractivity contribution in [2.75, 3.05) is 9.80 Å². The molecular formula is C30H24N2O4. The van der Waals surface area contributed by atoms with Crippen LogP contribution in [0.25, 0.3) is 0 Å². The van der Waals surface area contributed by atoms with E-state index in [9.17, 15) is 19.2 Å². The first-order chi connectivity index (χ1) is 17.2. The van der Waals surface area contributed by atoms with Gasteiger partial charge in [-0.3, -0.25) is 19.2 Å². The highest BCUT2D eigenvalue weighted by molar-refractivity contribution is 6.28. The number of benzene rings is 3. The lowest BCUT2D eigenvalue weighted by Gasteiger charge is -2.25. The van der Waals surface area contributed by atoms with Gasteiger partial charge >= 0.3 is 0 Å². The van der Waals surface area contributed by atoms with Crippen LogP contribution in [0.15, 0.2) is 85.0 Å². The zero-order valence-electron chi connectivity index (χ0n) is 20.2. The van der Waals surface area contributed by atoms with Gasteiger partial charge in [-0.2, -0.15) is 0 Å². The zero-order chi connectivity index (χ0) is 25.6. The first-order valence-electron chi connectivity index (χ1n) is 11.6. The maximum absolute atomic E-state index is 12.1. The first-order valence-corrected chi connectivity index (χ1v) is 11.6. The summed E-state index contributed by atoms with van der Waals surface area (Å²) in [6.45, 7) is 6.25. The van der Waals surface area contributed by atoms with Crippen molar-refractivity contribution in [1.29, 1.82) is 0 Å². The maximum atomic E-state index is 12.1. The first kappa shape index (κ1) is 23.2. The molecule has 0 saturated carbocycles. The third kappa shape index (κ3) is 3.96. The molecule has 0 aromatic heterocycles. The standard InChI is InChI=1S/C30H24N2O4/c1-18-16-19(2)29(20(3)17-18)30(21-4-8-23(9-5-21)31-25(33)12-13-26(31)34)22-6-10-24(11-7-22)32-27(35)14-15-28(32)36/h4-17,30H,1-3H3. The van der Waals surface area contributed by atoms with Crippen molar-refractivity contribution >= 4 is 35.0 Å². The highest BCUT2D eigenvalue weighted by Crippen LogP contribution is 2.38. The van der Waals surface area contributed by atoms with Gasteiger partial charge in [0.15, 0.2) is 0 Å². The third-order valence-corrected chi connectivity index (χ3v) is 6.61. The van der Waals surface area contributed by atoms with E-state index in [2.05, 4.69) is 32.9 Å². The molecule has 2 aliphatic rings. The molecule has 0 radical (unpaired) electrons. The van der Waals surface area contributed by atoms with Crippen molar-refractivity contribution in [2.45, 2.75) is 26.7 Å². The van der Waals surface area contributed by atoms with E-state index in [1.807, 2.05) is 24.3 Å². The minimum absolute atomic E-state index is 0.139. The topological polar surface area (TPSA) is 74.8 Å². The lowest BCUT2D eigenvalue weighted by Crippen LogP contribution is -2.29. The van der Waals surface area contributed by atoms with Gasteiger partial charge < -0.3 is 0 Å². The summed E-state index contributed by atoms with van der Waals surface area (Å²) in [5, 5.41) is 0. The number of anilines is 2. The molecule has 2 aliphatic heterocycles. The second kappa shape index (κ2) is 8.89. The van der Waals surface area contributed by atoms with E-state index in [1.54, 1.807) is 24.3 Å². The van der Waals surface area contributed by atoms with E-state index in [1.165, 1.54) is 29.9 Å². The smallest absolute Gasteiger partial charge is 0.258 e. The number of carbonyl (C=O) groups is 4. The Balaban J connectivity index is 1.58. The maximum Gasteiger partial charge on any atom is 0.258 e. The molecule has 6 nitrogen and oxygen atoms in total. The summed E-state index contributed by atoms with van der Waals surface area (Å²) in [6, 6.07) is 19.2. The molecular weight excluding hydrogens is 452 g/mol. The fourth-order valence-corrected chi connectivity index (χ4v) is 5.11. The van der Waals surface area contributed by atoms with Gasteiger partial charge in [-0.15, -0.1) is 0 Å². The van der Waals surface area contributed by atoms with Crippen molar-refractivity contribution in [3.05, 3.63) is 118 Å². The highest BCUT2D eigenvalue weighted by atomic mass is 16.2. The largest absolute Gasteiger partial charge is 0.269 e. The fourth-order valence-electron chi connectivity index (χ4n) is 5.11. The lowest BCUT2D eigenvalue weighted by atomic mass is 9.80. The highest BCUT2D eigenvalue weighted by Gasteiger charge is 2.28. The lowest BCUT2D eigenvalue weighted by molar-refractivity contribution is -0.121. The molecule has 0 bridgehead atoms. The predicted molar refractivity (Wildman–Crippen MR) is 138 cm³/mol. The molecule has 0 N–H and O–H groups in total. The van der Waals surface area contributed by atoms with Gasteiger partial charge in [0.05, 0.1) is 11.4 Å². The quantitative estimate of drug-likeness (QED) is 0.397. The molecule has 0 saturated heterocycles. The molecule has 4 amide bonds. The normalized spacial score (nSPS) is 15.2. The number of amides is 4. The van der Waals surface area contributed by atoms with E-state index in [4.69, 9.17) is 0 Å². The summed E-state index contributed by atoms with van der Waals surface area (Å²) in [4.78, 5) is 50.8. The Bertz CT molecular complexity index is 1340. The van der Waals surface area contributed by atoms with Gasteiger partial charge in [-0.1, -0.05) is 42.0 Å². The number of hydrogen-bond donors (Lipinski definition) is 0. The zero-order valence-corrected chi connectivity index (χ0v) is 20.2. The van der Waals surface area contributed by atoms with Crippen LogP contribution in [0.4, 0.5) is 11.4 Å². The molecule has 0 fully saturated rings. The Morgan fingerprint density at radius 2 is 0.861 bits per heavy atom. The Kier molecular flexibility index (Phi) is 5.72. The summed E-state index contributed by atoms with van der Waals surface area (Å²) in [5.74, 6) is -1.56. The van der Waals surface area contributed by atoms with Crippen LogP contribution >= 0.6 is 0 Å². The van der Waals surface area contributed by atoms with E-state index >= 15 is 0 Å². The van der Waals surface area contributed by atoms with Crippen LogP contribution in [0, 0.1) is 20.8 Å². The molecule has 178 valence electrons. The molecule has 0 spiro atoms. The van der Waals surface area contributed by atoms with Crippen LogP contribution in [0.2, 0.25) is 0 Å². The second-order valence-corrected chi connectivity index (χ2v) is 9.12. The Morgan fingerprint density at radius 1 is 0.528 bits per heavy atom. The van der Waals surface area contributed by atoms with Gasteiger partial charge in [-0.05, 0) is 72.9 Å². The van der Waals surface area contributed by atoms with Crippen molar-refractivity contribution in [2.24, 2.45) is 0 Å². The van der Waals surface area contributed by atoms with Crippen LogP contribution in [0.1, 0.15) is 39.3 Å². The summed E-state index contributed by atoms with van der Waals surface area (Å²) in [7, 11) is 0. The van der Waals surface area contributed by atoms with Crippen LogP contribution in [0.3, 0.4) is 0 Å². The second-order valence-electron chi connectivity index (χ2n) is 9.12. The molecule has 3 aromatic rings. The van der Waals surface area contributed by atoms with Gasteiger partial charge in [0.25, 0.3) is 23.6 Å². The monoisotopic (exact) mass is 476 g/mol. The molecule has 0 aliphatic carbocycles. The van der Waals surface area contributed by atoms with Crippen LogP contribution < -0.4 is 9.80 Å². The van der Waals surface area contributed by atoms with Crippen molar-refractivity contribution in [3.8, 4) is 0 Å². The predicted octanol–water partition coefficient (Wildman–Crippen LogP) is 4.65. The molecule has 3 aromatic carbocycles. The van der Waals surface area contributed by atoms with E-state index in [-0.39, 0.29) is 29.5 Å². The molecule has 2 heterocycles. The molecule has 36 heavy (non-hydrogen) atoms. The van der Waals surface area contributed by atoms with Crippen LogP contribution in [-0.4, -0.2) is 23.6 Å². The molecule has 0 unspecified atom stereocenters. The van der Waals surface area contributed by atoms with Crippen molar-refractivity contribution in [3.63, 3.8) is 0 Å². The Hall–Kier alpha value is -4.58. The number of aryl methyl sites for hydroxylation is 3. The minimum atomic E-state index is -0.356. The van der Waals surface area contributed by atoms with Crippen LogP contribution in [0.5, 0.6) is 0 Å². The van der Waals surface area contributed by atoms with Crippen LogP contribution in [-0.2, 0) is 19.2 Å². The van der Waals surface area contributed by atoms with E-state index < -0.39 is 0 Å². The van der Waals surface area contributed by atoms with Crippen molar-refractivity contribution in [1.82, 2.24) is 0 Å². The average molecular weight is 477 g/mol. The van der Waals surface area contributed by atoms with Gasteiger partial charge in [0.2, 0.25) is 0 Å². The van der Waals surface area contributed by atoms with Gasteiger partial charge in [0.1, 0.15) is 0 Å². The Morgan fingerprint density at radius 3 is 1.19 bits per heavy atom. The molecule has 5 rings (SSSR count). The average Bonchev–Trinajstić information content (AvgIpc) is 3.36. The number of nitrogens with zero attached hydrogens (tertiary/aromatic N) is 2. The van der Waals surface area contributed by atoms with E-state index in [0.717, 1.165) is 37.6 Å². The van der Waals surface area contributed by atoms with E-state index in [0.29, 0.717) is 11.4 Å². The fraction of sp³-hybridized carbons (Fsp3) is 0.133. The van der Waals surface area contributed by atoms with Crippen molar-refractivity contribution < 1.29 is 19.2 Å². The minimum Gasteiger partial charge on any atom is -0.269 e. The number of imide groups is 2. The SMILES string of the molecule is Cc1cc(C)c(C(c2ccc(N3C(=O)C=CC3=O)cc2)c2ccc(N3C(=O)C=CC3=O)cc2)c(C)c1. The number of carbonyl (C=O) groups excluding carboxylic acids is 4. The molecule has 6 heteroatoms. The summed E-state index contributed by atoms with van der Waals surface area (Å²) in [5.41, 5.74) is 7.64. The summed E-state index contributed by atoms with van der Waals surface area (Å²) in [6.07, 6.45) is 5.08. The van der Waals surface area contributed by atoms with Gasteiger partial charge in [0, 0.05) is 30.2 Å².